The van der Waals surface area contributed by atoms with E-state index in [0.29, 0.717) is 32.9 Å². The Morgan fingerprint density at radius 1 is 0.897 bits per heavy atom. The number of rotatable bonds is 6. The second kappa shape index (κ2) is 8.56. The first kappa shape index (κ1) is 19.3. The van der Waals surface area contributed by atoms with E-state index in [1.165, 1.54) is 6.08 Å². The zero-order valence-electron chi connectivity index (χ0n) is 15.3. The van der Waals surface area contributed by atoms with Gasteiger partial charge in [-0.2, -0.15) is 0 Å². The van der Waals surface area contributed by atoms with Crippen LogP contribution in [0.2, 0.25) is 10.0 Å². The molecule has 0 unspecified atom stereocenters. The second-order valence-corrected chi connectivity index (χ2v) is 7.24. The van der Waals surface area contributed by atoms with Crippen LogP contribution in [-0.2, 0) is 6.61 Å². The van der Waals surface area contributed by atoms with E-state index in [4.69, 9.17) is 32.4 Å². The van der Waals surface area contributed by atoms with Crippen molar-refractivity contribution in [3.63, 3.8) is 0 Å². The van der Waals surface area contributed by atoms with Crippen molar-refractivity contribution >= 4 is 45.8 Å². The minimum atomic E-state index is -0.0826. The van der Waals surface area contributed by atoms with Gasteiger partial charge in [0.05, 0.1) is 10.0 Å². The van der Waals surface area contributed by atoms with Crippen molar-refractivity contribution in [2.75, 3.05) is 0 Å². The molecular weight excluding hydrogens is 407 g/mol. The van der Waals surface area contributed by atoms with Crippen LogP contribution in [0.15, 0.2) is 83.3 Å². The third-order valence-corrected chi connectivity index (χ3v) is 5.13. The first-order chi connectivity index (χ1) is 14.1. The van der Waals surface area contributed by atoms with Gasteiger partial charge in [-0.25, -0.2) is 0 Å². The molecule has 0 N–H and O–H groups in total. The molecule has 5 heteroatoms. The highest BCUT2D eigenvalue weighted by atomic mass is 35.5. The molecule has 4 rings (SSSR count). The number of carbonyl (C=O) groups is 1. The summed E-state index contributed by atoms with van der Waals surface area (Å²) >= 11 is 11.9. The Balaban J connectivity index is 1.40. The summed E-state index contributed by atoms with van der Waals surface area (Å²) < 4.78 is 11.3. The first-order valence-electron chi connectivity index (χ1n) is 8.96. The van der Waals surface area contributed by atoms with Crippen LogP contribution >= 0.6 is 23.2 Å². The maximum absolute atomic E-state index is 12.5. The topological polar surface area (TPSA) is 39.4 Å². The van der Waals surface area contributed by atoms with Crippen LogP contribution in [-0.4, -0.2) is 5.78 Å². The molecule has 0 saturated carbocycles. The van der Waals surface area contributed by atoms with E-state index in [1.54, 1.807) is 36.4 Å². The molecule has 0 bridgehead atoms. The van der Waals surface area contributed by atoms with E-state index < -0.39 is 0 Å². The largest absolute Gasteiger partial charge is 0.486 e. The number of carbonyl (C=O) groups excluding carboxylic acids is 1. The SMILES string of the molecule is O=C(/C=C/c1ccc(COc2ccc(Cl)c(Cl)c2)o1)c1ccc2ccccc2c1. The number of furan rings is 1. The summed E-state index contributed by atoms with van der Waals surface area (Å²) in [4.78, 5) is 12.5. The van der Waals surface area contributed by atoms with Crippen LogP contribution in [0, 0.1) is 0 Å². The van der Waals surface area contributed by atoms with E-state index in [0.717, 1.165) is 10.8 Å². The maximum Gasteiger partial charge on any atom is 0.185 e. The minimum Gasteiger partial charge on any atom is -0.486 e. The van der Waals surface area contributed by atoms with Crippen molar-refractivity contribution in [3.8, 4) is 5.75 Å². The quantitative estimate of drug-likeness (QED) is 0.243. The Bertz CT molecular complexity index is 1210. The monoisotopic (exact) mass is 422 g/mol. The van der Waals surface area contributed by atoms with Gasteiger partial charge in [-0.1, -0.05) is 59.6 Å². The average molecular weight is 423 g/mol. The molecule has 0 saturated heterocycles. The number of benzene rings is 3. The van der Waals surface area contributed by atoms with Gasteiger partial charge in [0.1, 0.15) is 23.9 Å². The first-order valence-corrected chi connectivity index (χ1v) is 9.72. The summed E-state index contributed by atoms with van der Waals surface area (Å²) in [5.41, 5.74) is 0.634. The summed E-state index contributed by atoms with van der Waals surface area (Å²) in [6.07, 6.45) is 3.16. The number of hydrogen-bond acceptors (Lipinski definition) is 3. The van der Waals surface area contributed by atoms with Crippen molar-refractivity contribution in [2.45, 2.75) is 6.61 Å². The van der Waals surface area contributed by atoms with Crippen LogP contribution in [0.1, 0.15) is 21.9 Å². The van der Waals surface area contributed by atoms with Crippen LogP contribution in [0.3, 0.4) is 0 Å². The number of halogens is 2. The highest BCUT2D eigenvalue weighted by molar-refractivity contribution is 6.42. The summed E-state index contributed by atoms with van der Waals surface area (Å²) in [6, 6.07) is 22.3. The number of ketones is 1. The predicted octanol–water partition coefficient (Wildman–Crippen LogP) is 7.21. The normalized spacial score (nSPS) is 11.2. The molecule has 0 aliphatic rings. The molecule has 29 heavy (non-hydrogen) atoms. The van der Waals surface area contributed by atoms with Crippen LogP contribution in [0.25, 0.3) is 16.8 Å². The van der Waals surface area contributed by atoms with Crippen LogP contribution < -0.4 is 4.74 Å². The van der Waals surface area contributed by atoms with Gasteiger partial charge in [-0.15, -0.1) is 0 Å². The van der Waals surface area contributed by atoms with Crippen molar-refractivity contribution in [1.29, 1.82) is 0 Å². The van der Waals surface area contributed by atoms with E-state index >= 15 is 0 Å². The van der Waals surface area contributed by atoms with E-state index in [1.807, 2.05) is 42.5 Å². The molecular formula is C24H16Cl2O3. The standard InChI is InChI=1S/C24H16Cl2O3/c25-22-11-9-20(14-23(22)26)28-15-21-8-7-19(29-21)10-12-24(27)18-6-5-16-3-1-2-4-17(16)13-18/h1-14H,15H2/b12-10+. The van der Waals surface area contributed by atoms with Crippen molar-refractivity contribution < 1.29 is 13.9 Å². The highest BCUT2D eigenvalue weighted by Crippen LogP contribution is 2.27. The number of fused-ring (bicyclic) bond motifs is 1. The van der Waals surface area contributed by atoms with Crippen LogP contribution in [0.5, 0.6) is 5.75 Å². The molecule has 0 aliphatic carbocycles. The van der Waals surface area contributed by atoms with Crippen molar-refractivity contribution in [1.82, 2.24) is 0 Å². The van der Waals surface area contributed by atoms with Gasteiger partial charge in [0, 0.05) is 11.6 Å². The fraction of sp³-hybridized carbons (Fsp3) is 0.0417. The van der Waals surface area contributed by atoms with Gasteiger partial charge in [0.2, 0.25) is 0 Å². The van der Waals surface area contributed by atoms with E-state index in [9.17, 15) is 4.79 Å². The van der Waals surface area contributed by atoms with Gasteiger partial charge in [-0.3, -0.25) is 4.79 Å². The fourth-order valence-electron chi connectivity index (χ4n) is 2.88. The lowest BCUT2D eigenvalue weighted by atomic mass is 10.0. The summed E-state index contributed by atoms with van der Waals surface area (Å²) in [5.74, 6) is 1.72. The molecule has 0 atom stereocenters. The zero-order chi connectivity index (χ0) is 20.2. The fourth-order valence-corrected chi connectivity index (χ4v) is 3.17. The van der Waals surface area contributed by atoms with Gasteiger partial charge in [-0.05, 0) is 53.3 Å². The third-order valence-electron chi connectivity index (χ3n) is 4.39. The molecule has 1 aromatic heterocycles. The van der Waals surface area contributed by atoms with E-state index in [2.05, 4.69) is 0 Å². The summed E-state index contributed by atoms with van der Waals surface area (Å²) in [7, 11) is 0. The Labute approximate surface area is 178 Å². The Hall–Kier alpha value is -3.01. The van der Waals surface area contributed by atoms with Crippen molar-refractivity contribution in [3.05, 3.63) is 106 Å². The Kier molecular flexibility index (Phi) is 5.70. The van der Waals surface area contributed by atoms with Gasteiger partial charge in [0.25, 0.3) is 0 Å². The molecule has 4 aromatic rings. The number of ether oxygens (including phenoxy) is 1. The van der Waals surface area contributed by atoms with Gasteiger partial charge >= 0.3 is 0 Å². The summed E-state index contributed by atoms with van der Waals surface area (Å²) in [5, 5.41) is 3.04. The zero-order valence-corrected chi connectivity index (χ0v) is 16.8. The average Bonchev–Trinajstić information content (AvgIpc) is 3.20. The third kappa shape index (κ3) is 4.70. The Morgan fingerprint density at radius 2 is 1.72 bits per heavy atom. The molecule has 0 spiro atoms. The number of allylic oxidation sites excluding steroid dienone is 1. The molecule has 0 amide bonds. The van der Waals surface area contributed by atoms with Gasteiger partial charge in [0.15, 0.2) is 5.78 Å². The van der Waals surface area contributed by atoms with Gasteiger partial charge < -0.3 is 9.15 Å². The minimum absolute atomic E-state index is 0.0826. The lowest BCUT2D eigenvalue weighted by Crippen LogP contribution is -1.94. The van der Waals surface area contributed by atoms with Crippen LogP contribution in [0.4, 0.5) is 0 Å². The van der Waals surface area contributed by atoms with Crippen molar-refractivity contribution in [2.24, 2.45) is 0 Å². The maximum atomic E-state index is 12.5. The second-order valence-electron chi connectivity index (χ2n) is 6.43. The van der Waals surface area contributed by atoms with E-state index in [-0.39, 0.29) is 12.4 Å². The molecule has 0 radical (unpaired) electrons. The Morgan fingerprint density at radius 3 is 2.55 bits per heavy atom. The molecule has 0 aliphatic heterocycles. The lowest BCUT2D eigenvalue weighted by Gasteiger charge is -2.05. The smallest absolute Gasteiger partial charge is 0.185 e. The molecule has 3 nitrogen and oxygen atoms in total. The summed E-state index contributed by atoms with van der Waals surface area (Å²) in [6.45, 7) is 0.240. The molecule has 0 fully saturated rings. The molecule has 3 aromatic carbocycles. The number of hydrogen-bond donors (Lipinski definition) is 0. The predicted molar refractivity (Wildman–Crippen MR) is 117 cm³/mol. The highest BCUT2D eigenvalue weighted by Gasteiger charge is 2.06. The lowest BCUT2D eigenvalue weighted by molar-refractivity contribution is 0.104. The molecule has 1 heterocycles. The molecule has 144 valence electrons.